The van der Waals surface area contributed by atoms with E-state index in [1.54, 1.807) is 6.92 Å². The fourth-order valence-electron chi connectivity index (χ4n) is 3.14. The lowest BCUT2D eigenvalue weighted by atomic mass is 9.70. The van der Waals surface area contributed by atoms with Gasteiger partial charge in [-0.3, -0.25) is 4.79 Å². The zero-order valence-electron chi connectivity index (χ0n) is 14.9. The number of ketones is 1. The molecule has 2 rings (SSSR count). The normalized spacial score (nSPS) is 13.2. The van der Waals surface area contributed by atoms with Crippen molar-refractivity contribution in [3.05, 3.63) is 71.8 Å². The highest BCUT2D eigenvalue weighted by Gasteiger charge is 2.36. The summed E-state index contributed by atoms with van der Waals surface area (Å²) < 4.78 is 0. The molecule has 0 spiro atoms. The lowest BCUT2D eigenvalue weighted by Crippen LogP contribution is -2.38. The predicted molar refractivity (Wildman–Crippen MR) is 107 cm³/mol. The van der Waals surface area contributed by atoms with Crippen molar-refractivity contribution in [3.8, 4) is 0 Å². The second kappa shape index (κ2) is 9.75. The van der Waals surface area contributed by atoms with Gasteiger partial charge in [0.05, 0.1) is 5.41 Å². The van der Waals surface area contributed by atoms with E-state index in [1.165, 1.54) is 5.56 Å². The van der Waals surface area contributed by atoms with Gasteiger partial charge in [-0.05, 0) is 58.0 Å². The second-order valence-electron chi connectivity index (χ2n) is 6.54. The Hall–Kier alpha value is -1.45. The number of halogens is 1. The van der Waals surface area contributed by atoms with Crippen LogP contribution < -0.4 is 0 Å². The molecule has 1 unspecified atom stereocenters. The van der Waals surface area contributed by atoms with Gasteiger partial charge >= 0.3 is 0 Å². The van der Waals surface area contributed by atoms with E-state index >= 15 is 0 Å². The Morgan fingerprint density at radius 3 is 1.96 bits per heavy atom. The van der Waals surface area contributed by atoms with Crippen LogP contribution in [0.15, 0.2) is 60.7 Å². The number of hydrogen-bond donors (Lipinski definition) is 0. The summed E-state index contributed by atoms with van der Waals surface area (Å²) in [6, 6.07) is 20.7. The number of carbonyl (C=O) groups is 1. The van der Waals surface area contributed by atoms with Gasteiger partial charge < -0.3 is 4.90 Å². The quantitative estimate of drug-likeness (QED) is 0.653. The number of carbonyl (C=O) groups excluding carboxylic acids is 1. The standard InChI is InChI=1S/C21H27NO.BrH/c1-18(23)21(16-17-22(2)3,20-12-8-5-9-13-20)15-14-19-10-6-4-7-11-19;/h4-13H,14-17H2,1-3H3;1H. The third-order valence-corrected chi connectivity index (χ3v) is 4.67. The van der Waals surface area contributed by atoms with Gasteiger partial charge in [0.2, 0.25) is 0 Å². The maximum atomic E-state index is 12.7. The van der Waals surface area contributed by atoms with Gasteiger partial charge in [-0.25, -0.2) is 0 Å². The van der Waals surface area contributed by atoms with Crippen molar-refractivity contribution in [1.82, 2.24) is 4.90 Å². The first kappa shape index (κ1) is 20.6. The number of benzene rings is 2. The molecular weight excluding hydrogens is 362 g/mol. The molecule has 0 heterocycles. The SMILES string of the molecule is Br.CC(=O)C(CCc1ccccc1)(CCN(C)C)c1ccccc1. The van der Waals surface area contributed by atoms with Crippen molar-refractivity contribution in [2.45, 2.75) is 31.6 Å². The van der Waals surface area contributed by atoms with Crippen molar-refractivity contribution in [2.75, 3.05) is 20.6 Å². The van der Waals surface area contributed by atoms with Crippen LogP contribution in [0.25, 0.3) is 0 Å². The van der Waals surface area contributed by atoms with Crippen LogP contribution in [0.5, 0.6) is 0 Å². The highest BCUT2D eigenvalue weighted by Crippen LogP contribution is 2.34. The molecule has 0 fully saturated rings. The Bertz CT molecular complexity index is 612. The Balaban J connectivity index is 0.00000288. The van der Waals surface area contributed by atoms with Crippen molar-refractivity contribution in [1.29, 1.82) is 0 Å². The smallest absolute Gasteiger partial charge is 0.140 e. The number of aryl methyl sites for hydroxylation is 1. The van der Waals surface area contributed by atoms with Gasteiger partial charge in [-0.1, -0.05) is 60.7 Å². The number of nitrogens with zero attached hydrogens (tertiary/aromatic N) is 1. The maximum absolute atomic E-state index is 12.7. The lowest BCUT2D eigenvalue weighted by Gasteiger charge is -2.33. The Morgan fingerprint density at radius 2 is 1.46 bits per heavy atom. The summed E-state index contributed by atoms with van der Waals surface area (Å²) in [5, 5.41) is 0. The third-order valence-electron chi connectivity index (χ3n) is 4.67. The van der Waals surface area contributed by atoms with E-state index in [0.717, 1.165) is 31.4 Å². The molecule has 0 bridgehead atoms. The minimum absolute atomic E-state index is 0. The fourth-order valence-corrected chi connectivity index (χ4v) is 3.14. The van der Waals surface area contributed by atoms with Gasteiger partial charge in [-0.15, -0.1) is 17.0 Å². The summed E-state index contributed by atoms with van der Waals surface area (Å²) in [4.78, 5) is 14.8. The summed E-state index contributed by atoms with van der Waals surface area (Å²) in [6.45, 7) is 2.65. The molecule has 2 nitrogen and oxygen atoms in total. The summed E-state index contributed by atoms with van der Waals surface area (Å²) >= 11 is 0. The minimum Gasteiger partial charge on any atom is -0.309 e. The molecule has 0 radical (unpaired) electrons. The van der Waals surface area contributed by atoms with Crippen LogP contribution in [0.3, 0.4) is 0 Å². The van der Waals surface area contributed by atoms with E-state index in [4.69, 9.17) is 0 Å². The average Bonchev–Trinajstić information content (AvgIpc) is 2.56. The van der Waals surface area contributed by atoms with E-state index in [9.17, 15) is 4.79 Å². The van der Waals surface area contributed by atoms with Gasteiger partial charge in [0, 0.05) is 0 Å². The number of rotatable bonds is 8. The minimum atomic E-state index is -0.401. The largest absolute Gasteiger partial charge is 0.309 e. The third kappa shape index (κ3) is 5.29. The first-order chi connectivity index (χ1) is 11.0. The molecule has 130 valence electrons. The van der Waals surface area contributed by atoms with Gasteiger partial charge in [0.1, 0.15) is 5.78 Å². The van der Waals surface area contributed by atoms with Gasteiger partial charge in [-0.2, -0.15) is 0 Å². The topological polar surface area (TPSA) is 20.3 Å². The van der Waals surface area contributed by atoms with E-state index in [-0.39, 0.29) is 22.8 Å². The first-order valence-electron chi connectivity index (χ1n) is 8.30. The van der Waals surface area contributed by atoms with Crippen molar-refractivity contribution < 1.29 is 4.79 Å². The average molecular weight is 390 g/mol. The molecule has 0 amide bonds. The predicted octanol–water partition coefficient (Wildman–Crippen LogP) is 4.68. The molecule has 0 aromatic heterocycles. The molecule has 0 aliphatic rings. The maximum Gasteiger partial charge on any atom is 0.140 e. The molecule has 0 aliphatic heterocycles. The van der Waals surface area contributed by atoms with E-state index in [0.29, 0.717) is 0 Å². The summed E-state index contributed by atoms with van der Waals surface area (Å²) in [6.07, 6.45) is 2.62. The van der Waals surface area contributed by atoms with Crippen LogP contribution in [0.2, 0.25) is 0 Å². The van der Waals surface area contributed by atoms with E-state index in [2.05, 4.69) is 55.4 Å². The summed E-state index contributed by atoms with van der Waals surface area (Å²) in [5.74, 6) is 0.265. The zero-order chi connectivity index (χ0) is 16.7. The Labute approximate surface area is 156 Å². The molecule has 3 heteroatoms. The molecule has 0 aliphatic carbocycles. The molecule has 0 saturated carbocycles. The molecule has 0 saturated heterocycles. The van der Waals surface area contributed by atoms with Gasteiger partial charge in [0.15, 0.2) is 0 Å². The fraction of sp³-hybridized carbons (Fsp3) is 0.381. The van der Waals surface area contributed by atoms with Crippen molar-refractivity contribution in [3.63, 3.8) is 0 Å². The second-order valence-corrected chi connectivity index (χ2v) is 6.54. The first-order valence-corrected chi connectivity index (χ1v) is 8.30. The molecule has 1 atom stereocenters. The van der Waals surface area contributed by atoms with Crippen LogP contribution in [0.4, 0.5) is 0 Å². The highest BCUT2D eigenvalue weighted by atomic mass is 79.9. The van der Waals surface area contributed by atoms with Crippen molar-refractivity contribution in [2.24, 2.45) is 0 Å². The number of Topliss-reactive ketones (excluding diaryl/α,β-unsaturated/α-hetero) is 1. The molecule has 0 N–H and O–H groups in total. The summed E-state index contributed by atoms with van der Waals surface area (Å²) in [5.41, 5.74) is 2.03. The van der Waals surface area contributed by atoms with E-state index < -0.39 is 5.41 Å². The van der Waals surface area contributed by atoms with E-state index in [1.807, 2.05) is 24.3 Å². The summed E-state index contributed by atoms with van der Waals surface area (Å²) in [7, 11) is 4.13. The molecule has 2 aromatic rings. The highest BCUT2D eigenvalue weighted by molar-refractivity contribution is 8.93. The molecule has 2 aromatic carbocycles. The number of hydrogen-bond acceptors (Lipinski definition) is 2. The molecule has 24 heavy (non-hydrogen) atoms. The van der Waals surface area contributed by atoms with Crippen LogP contribution in [0, 0.1) is 0 Å². The van der Waals surface area contributed by atoms with Crippen molar-refractivity contribution >= 4 is 22.8 Å². The monoisotopic (exact) mass is 389 g/mol. The Kier molecular flexibility index (Phi) is 8.37. The molecular formula is C21H28BrNO. The van der Waals surface area contributed by atoms with Crippen LogP contribution >= 0.6 is 17.0 Å². The van der Waals surface area contributed by atoms with Crippen LogP contribution in [-0.2, 0) is 16.6 Å². The van der Waals surface area contributed by atoms with Crippen LogP contribution in [0.1, 0.15) is 30.9 Å². The lowest BCUT2D eigenvalue weighted by molar-refractivity contribution is -0.123. The van der Waals surface area contributed by atoms with Crippen LogP contribution in [-0.4, -0.2) is 31.3 Å². The van der Waals surface area contributed by atoms with Gasteiger partial charge in [0.25, 0.3) is 0 Å². The zero-order valence-corrected chi connectivity index (χ0v) is 16.6. The Morgan fingerprint density at radius 1 is 0.917 bits per heavy atom.